The van der Waals surface area contributed by atoms with Gasteiger partial charge in [-0.15, -0.1) is 0 Å². The van der Waals surface area contributed by atoms with Gasteiger partial charge < -0.3 is 14.5 Å². The first-order valence-electron chi connectivity index (χ1n) is 8.05. The molecule has 1 aliphatic heterocycles. The van der Waals surface area contributed by atoms with Crippen molar-refractivity contribution >= 4 is 12.0 Å². The van der Waals surface area contributed by atoms with E-state index >= 15 is 0 Å². The molecule has 1 unspecified atom stereocenters. The Balaban J connectivity index is 1.57. The molecule has 5 heteroatoms. The average molecular weight is 326 g/mol. The molecule has 1 aliphatic rings. The minimum atomic E-state index is -0.120. The molecule has 5 nitrogen and oxygen atoms in total. The molecule has 0 aliphatic carbocycles. The lowest BCUT2D eigenvalue weighted by Gasteiger charge is -2.22. The Morgan fingerprint density at radius 1 is 1.38 bits per heavy atom. The highest BCUT2D eigenvalue weighted by Crippen LogP contribution is 2.26. The van der Waals surface area contributed by atoms with Crippen LogP contribution in [0.4, 0.5) is 0 Å². The summed E-state index contributed by atoms with van der Waals surface area (Å²) < 4.78 is 10.9. The van der Waals surface area contributed by atoms with Crippen LogP contribution in [0.25, 0.3) is 6.08 Å². The molecule has 1 atom stereocenters. The molecule has 2 heterocycles. The van der Waals surface area contributed by atoms with Crippen molar-refractivity contribution in [2.45, 2.75) is 12.5 Å². The maximum atomic E-state index is 12.1. The Morgan fingerprint density at radius 3 is 3.00 bits per heavy atom. The molecule has 1 amide bonds. The van der Waals surface area contributed by atoms with Gasteiger partial charge in [0.05, 0.1) is 18.9 Å². The summed E-state index contributed by atoms with van der Waals surface area (Å²) >= 11 is 0. The fourth-order valence-electron chi connectivity index (χ4n) is 2.76. The highest BCUT2D eigenvalue weighted by Gasteiger charge is 2.17. The molecule has 0 spiro atoms. The number of fused-ring (bicyclic) bond motifs is 1. The molecule has 0 saturated heterocycles. The molecule has 2 aromatic rings. The Kier molecular flexibility index (Phi) is 5.01. The number of rotatable bonds is 6. The van der Waals surface area contributed by atoms with Crippen molar-refractivity contribution < 1.29 is 13.9 Å². The Labute approximate surface area is 141 Å². The average Bonchev–Trinajstić information content (AvgIpc) is 3.23. The third kappa shape index (κ3) is 3.86. The van der Waals surface area contributed by atoms with Gasteiger partial charge in [0, 0.05) is 19.0 Å². The summed E-state index contributed by atoms with van der Waals surface area (Å²) in [4.78, 5) is 14.1. The van der Waals surface area contributed by atoms with Crippen LogP contribution >= 0.6 is 0 Å². The van der Waals surface area contributed by atoms with Crippen LogP contribution in [0, 0.1) is 0 Å². The summed E-state index contributed by atoms with van der Waals surface area (Å²) in [6.45, 7) is 1.23. The number of amides is 1. The summed E-state index contributed by atoms with van der Waals surface area (Å²) in [5.74, 6) is 1.66. The quantitative estimate of drug-likeness (QED) is 0.829. The first-order chi connectivity index (χ1) is 11.6. The lowest BCUT2D eigenvalue weighted by Crippen LogP contribution is -2.33. The second-order valence-corrected chi connectivity index (χ2v) is 6.04. The molecule has 24 heavy (non-hydrogen) atoms. The van der Waals surface area contributed by atoms with Gasteiger partial charge in [-0.1, -0.05) is 6.07 Å². The van der Waals surface area contributed by atoms with Crippen molar-refractivity contribution in [2.75, 3.05) is 27.2 Å². The molecule has 1 aromatic heterocycles. The van der Waals surface area contributed by atoms with Crippen LogP contribution < -0.4 is 10.1 Å². The maximum absolute atomic E-state index is 12.1. The zero-order chi connectivity index (χ0) is 16.9. The van der Waals surface area contributed by atoms with Crippen LogP contribution in [0.2, 0.25) is 0 Å². The van der Waals surface area contributed by atoms with Crippen LogP contribution in [0.5, 0.6) is 5.75 Å². The van der Waals surface area contributed by atoms with Crippen LogP contribution in [-0.2, 0) is 11.2 Å². The van der Waals surface area contributed by atoms with Crippen LogP contribution in [-0.4, -0.2) is 38.1 Å². The van der Waals surface area contributed by atoms with E-state index in [1.165, 1.54) is 5.56 Å². The fraction of sp³-hybridized carbons (Fsp3) is 0.316. The standard InChI is InChI=1S/C19H22N2O3/c1-21(2)16(18-4-3-10-23-18)13-20-19(22)8-6-14-5-7-17-15(12-14)9-11-24-17/h3-8,10,12,16H,9,11,13H2,1-2H3,(H,20,22)/b8-6+. The molecule has 0 radical (unpaired) electrons. The Morgan fingerprint density at radius 2 is 2.25 bits per heavy atom. The summed E-state index contributed by atoms with van der Waals surface area (Å²) in [5.41, 5.74) is 2.20. The SMILES string of the molecule is CN(C)C(CNC(=O)/C=C/c1ccc2c(c1)CCO2)c1ccco1. The molecule has 0 fully saturated rings. The van der Waals surface area contributed by atoms with E-state index in [-0.39, 0.29) is 11.9 Å². The molecule has 1 aromatic carbocycles. The number of carbonyl (C=O) groups excluding carboxylic acids is 1. The monoisotopic (exact) mass is 326 g/mol. The van der Waals surface area contributed by atoms with Gasteiger partial charge in [0.25, 0.3) is 0 Å². The molecule has 126 valence electrons. The number of nitrogens with zero attached hydrogens (tertiary/aromatic N) is 1. The largest absolute Gasteiger partial charge is 0.493 e. The van der Waals surface area contributed by atoms with Gasteiger partial charge in [0.1, 0.15) is 11.5 Å². The number of hydrogen-bond donors (Lipinski definition) is 1. The van der Waals surface area contributed by atoms with Gasteiger partial charge in [0.15, 0.2) is 0 Å². The number of benzene rings is 1. The molecule has 1 N–H and O–H groups in total. The molecule has 3 rings (SSSR count). The molecule has 0 saturated carbocycles. The van der Waals surface area contributed by atoms with E-state index in [0.29, 0.717) is 6.54 Å². The first-order valence-corrected chi connectivity index (χ1v) is 8.05. The number of carbonyl (C=O) groups is 1. The number of ether oxygens (including phenoxy) is 1. The second kappa shape index (κ2) is 7.36. The van der Waals surface area contributed by atoms with Crippen molar-refractivity contribution in [1.29, 1.82) is 0 Å². The minimum absolute atomic E-state index is 0.00879. The van der Waals surface area contributed by atoms with Crippen molar-refractivity contribution in [3.05, 3.63) is 59.6 Å². The predicted molar refractivity (Wildman–Crippen MR) is 92.8 cm³/mol. The van der Waals surface area contributed by atoms with Gasteiger partial charge in [-0.3, -0.25) is 9.69 Å². The summed E-state index contributed by atoms with van der Waals surface area (Å²) in [5, 5.41) is 2.92. The topological polar surface area (TPSA) is 54.7 Å². The summed E-state index contributed by atoms with van der Waals surface area (Å²) in [6.07, 6.45) is 5.96. The van der Waals surface area contributed by atoms with Gasteiger partial charge in [-0.05, 0) is 55.6 Å². The van der Waals surface area contributed by atoms with Gasteiger partial charge in [0.2, 0.25) is 5.91 Å². The van der Waals surface area contributed by atoms with E-state index in [4.69, 9.17) is 9.15 Å². The lowest BCUT2D eigenvalue weighted by molar-refractivity contribution is -0.116. The van der Waals surface area contributed by atoms with Crippen molar-refractivity contribution in [1.82, 2.24) is 10.2 Å². The number of likely N-dealkylation sites (N-methyl/N-ethyl adjacent to an activating group) is 1. The van der Waals surface area contributed by atoms with E-state index in [9.17, 15) is 4.79 Å². The number of hydrogen-bond acceptors (Lipinski definition) is 4. The van der Waals surface area contributed by atoms with Gasteiger partial charge in [-0.2, -0.15) is 0 Å². The van der Waals surface area contributed by atoms with Crippen LogP contribution in [0.3, 0.4) is 0 Å². The third-order valence-corrected chi connectivity index (χ3v) is 4.11. The minimum Gasteiger partial charge on any atom is -0.493 e. The molecular formula is C19H22N2O3. The summed E-state index contributed by atoms with van der Waals surface area (Å²) in [6, 6.07) is 9.76. The van der Waals surface area contributed by atoms with E-state index in [1.807, 2.05) is 49.3 Å². The fourth-order valence-corrected chi connectivity index (χ4v) is 2.76. The highest BCUT2D eigenvalue weighted by atomic mass is 16.5. The van der Waals surface area contributed by atoms with Gasteiger partial charge in [-0.25, -0.2) is 0 Å². The predicted octanol–water partition coefficient (Wildman–Crippen LogP) is 2.65. The van der Waals surface area contributed by atoms with E-state index < -0.39 is 0 Å². The van der Waals surface area contributed by atoms with Crippen molar-refractivity contribution in [3.63, 3.8) is 0 Å². The maximum Gasteiger partial charge on any atom is 0.244 e. The second-order valence-electron chi connectivity index (χ2n) is 6.04. The van der Waals surface area contributed by atoms with E-state index in [1.54, 1.807) is 12.3 Å². The highest BCUT2D eigenvalue weighted by molar-refractivity contribution is 5.91. The first kappa shape index (κ1) is 16.3. The van der Waals surface area contributed by atoms with E-state index in [0.717, 1.165) is 30.1 Å². The summed E-state index contributed by atoms with van der Waals surface area (Å²) in [7, 11) is 3.92. The Hall–Kier alpha value is -2.53. The Bertz CT molecular complexity index is 720. The van der Waals surface area contributed by atoms with Crippen molar-refractivity contribution in [3.8, 4) is 5.75 Å². The number of nitrogens with one attached hydrogen (secondary N) is 1. The smallest absolute Gasteiger partial charge is 0.244 e. The lowest BCUT2D eigenvalue weighted by atomic mass is 10.1. The van der Waals surface area contributed by atoms with Crippen LogP contribution in [0.1, 0.15) is 22.9 Å². The van der Waals surface area contributed by atoms with E-state index in [2.05, 4.69) is 11.4 Å². The van der Waals surface area contributed by atoms with Crippen molar-refractivity contribution in [2.24, 2.45) is 0 Å². The number of furan rings is 1. The molecular weight excluding hydrogens is 304 g/mol. The molecule has 0 bridgehead atoms. The normalized spacial score (nSPS) is 14.6. The van der Waals surface area contributed by atoms with Crippen LogP contribution in [0.15, 0.2) is 47.1 Å². The zero-order valence-corrected chi connectivity index (χ0v) is 14.0. The zero-order valence-electron chi connectivity index (χ0n) is 14.0. The third-order valence-electron chi connectivity index (χ3n) is 4.11. The van der Waals surface area contributed by atoms with Gasteiger partial charge >= 0.3 is 0 Å².